The van der Waals surface area contributed by atoms with Crippen LogP contribution in [0.15, 0.2) is 103 Å². The lowest BCUT2D eigenvalue weighted by molar-refractivity contribution is -0.165. The van der Waals surface area contributed by atoms with Gasteiger partial charge in [-0.3, -0.25) is 15.0 Å². The molecule has 0 unspecified atom stereocenters. The normalized spacial score (nSPS) is 12.1. The molecule has 0 fully saturated rings. The molecular formula is C35H35N5O5. The van der Waals surface area contributed by atoms with E-state index in [2.05, 4.69) is 15.6 Å². The van der Waals surface area contributed by atoms with Crippen molar-refractivity contribution in [2.45, 2.75) is 25.7 Å². The van der Waals surface area contributed by atoms with Crippen LogP contribution in [0.2, 0.25) is 0 Å². The standard InChI is InChI=1S/C35H35N5O5/c1-23(41)45-35(40-28-15-12-25(13-16-28)33(36)37,34(42)38-19-18-26-21-39-30-11-7-6-10-29(26)30)27-14-17-31(32(20-27)43-2)44-22-24-8-4-3-5-9-24/h3-17,20-21,39-40H,18-19,22H2,1-2H3,(H3,36,37)(H,38,42)/t35-/m0/s1. The zero-order valence-electron chi connectivity index (χ0n) is 25.1. The Morgan fingerprint density at radius 3 is 2.38 bits per heavy atom. The van der Waals surface area contributed by atoms with Crippen molar-refractivity contribution >= 4 is 34.3 Å². The average Bonchev–Trinajstić information content (AvgIpc) is 3.46. The van der Waals surface area contributed by atoms with E-state index < -0.39 is 17.6 Å². The molecule has 6 N–H and O–H groups in total. The second kappa shape index (κ2) is 13.7. The number of carbonyl (C=O) groups is 2. The van der Waals surface area contributed by atoms with Crippen molar-refractivity contribution in [1.82, 2.24) is 10.3 Å². The Morgan fingerprint density at radius 2 is 1.67 bits per heavy atom. The number of esters is 1. The Bertz CT molecular complexity index is 1800. The predicted molar refractivity (Wildman–Crippen MR) is 173 cm³/mol. The minimum Gasteiger partial charge on any atom is -0.493 e. The third-order valence-corrected chi connectivity index (χ3v) is 7.29. The summed E-state index contributed by atoms with van der Waals surface area (Å²) >= 11 is 0. The third kappa shape index (κ3) is 7.07. The molecule has 1 aromatic heterocycles. The molecule has 0 radical (unpaired) electrons. The molecule has 0 spiro atoms. The molecule has 5 rings (SSSR count). The van der Waals surface area contributed by atoms with Gasteiger partial charge in [-0.25, -0.2) is 0 Å². The highest BCUT2D eigenvalue weighted by molar-refractivity contribution is 5.95. The summed E-state index contributed by atoms with van der Waals surface area (Å²) < 4.78 is 17.5. The third-order valence-electron chi connectivity index (χ3n) is 7.29. The van der Waals surface area contributed by atoms with Crippen molar-refractivity contribution < 1.29 is 23.8 Å². The molecule has 5 aromatic rings. The lowest BCUT2D eigenvalue weighted by Crippen LogP contribution is -2.53. The molecule has 1 amide bonds. The number of fused-ring (bicyclic) bond motifs is 1. The molecule has 45 heavy (non-hydrogen) atoms. The maximum atomic E-state index is 14.2. The van der Waals surface area contributed by atoms with Crippen LogP contribution < -0.4 is 25.8 Å². The van der Waals surface area contributed by atoms with Gasteiger partial charge >= 0.3 is 5.97 Å². The number of methoxy groups -OCH3 is 1. The average molecular weight is 606 g/mol. The van der Waals surface area contributed by atoms with Crippen LogP contribution in [0.4, 0.5) is 5.69 Å². The number of nitrogens with two attached hydrogens (primary N) is 1. The van der Waals surface area contributed by atoms with Gasteiger partial charge in [0.15, 0.2) is 11.5 Å². The topological polar surface area (TPSA) is 152 Å². The molecule has 10 heteroatoms. The van der Waals surface area contributed by atoms with Gasteiger partial charge in [0.25, 0.3) is 11.6 Å². The number of hydrogen-bond donors (Lipinski definition) is 5. The van der Waals surface area contributed by atoms with Crippen molar-refractivity contribution in [1.29, 1.82) is 5.41 Å². The first kappa shape index (κ1) is 30.7. The lowest BCUT2D eigenvalue weighted by Gasteiger charge is -2.34. The number of aromatic amines is 1. The highest BCUT2D eigenvalue weighted by atomic mass is 16.6. The van der Waals surface area contributed by atoms with Crippen LogP contribution >= 0.6 is 0 Å². The van der Waals surface area contributed by atoms with E-state index in [-0.39, 0.29) is 12.4 Å². The number of para-hydroxylation sites is 1. The monoisotopic (exact) mass is 605 g/mol. The van der Waals surface area contributed by atoms with Crippen LogP contribution in [0.1, 0.15) is 29.2 Å². The Kier molecular flexibility index (Phi) is 9.33. The molecular weight excluding hydrogens is 570 g/mol. The molecule has 0 aliphatic heterocycles. The predicted octanol–water partition coefficient (Wildman–Crippen LogP) is 5.23. The van der Waals surface area contributed by atoms with Crippen LogP contribution in [-0.4, -0.2) is 36.4 Å². The molecule has 10 nitrogen and oxygen atoms in total. The Morgan fingerprint density at radius 1 is 0.933 bits per heavy atom. The van der Waals surface area contributed by atoms with Gasteiger partial charge in [0, 0.05) is 47.4 Å². The van der Waals surface area contributed by atoms with E-state index in [1.807, 2.05) is 60.8 Å². The minimum absolute atomic E-state index is 0.0985. The smallest absolute Gasteiger partial charge is 0.305 e. The molecule has 4 aromatic carbocycles. The summed E-state index contributed by atoms with van der Waals surface area (Å²) in [6.07, 6.45) is 2.46. The van der Waals surface area contributed by atoms with E-state index in [0.29, 0.717) is 41.3 Å². The molecule has 0 saturated heterocycles. The SMILES string of the molecule is COc1cc([C@](Nc2ccc(C(=N)N)cc2)(OC(C)=O)C(=O)NCCc2c[nH]c3ccccc23)ccc1OCc1ccccc1. The van der Waals surface area contributed by atoms with Gasteiger partial charge in [-0.15, -0.1) is 0 Å². The highest BCUT2D eigenvalue weighted by Crippen LogP contribution is 2.36. The molecule has 1 atom stereocenters. The first-order valence-corrected chi connectivity index (χ1v) is 14.4. The van der Waals surface area contributed by atoms with Gasteiger partial charge in [-0.05, 0) is 66.1 Å². The van der Waals surface area contributed by atoms with Crippen molar-refractivity contribution in [2.75, 3.05) is 19.0 Å². The van der Waals surface area contributed by atoms with E-state index in [4.69, 9.17) is 25.4 Å². The van der Waals surface area contributed by atoms with Gasteiger partial charge in [0.1, 0.15) is 12.4 Å². The van der Waals surface area contributed by atoms with Gasteiger partial charge < -0.3 is 35.6 Å². The quantitative estimate of drug-likeness (QED) is 0.0534. The summed E-state index contributed by atoms with van der Waals surface area (Å²) in [6, 6.07) is 29.2. The lowest BCUT2D eigenvalue weighted by atomic mass is 9.99. The number of amides is 1. The number of anilines is 1. The van der Waals surface area contributed by atoms with E-state index in [9.17, 15) is 9.59 Å². The molecule has 0 bridgehead atoms. The summed E-state index contributed by atoms with van der Waals surface area (Å²) in [6.45, 7) is 1.81. The van der Waals surface area contributed by atoms with Crippen molar-refractivity contribution in [3.63, 3.8) is 0 Å². The van der Waals surface area contributed by atoms with Crippen LogP contribution in [-0.2, 0) is 33.1 Å². The number of hydrogen-bond acceptors (Lipinski definition) is 7. The zero-order chi connectivity index (χ0) is 31.8. The number of rotatable bonds is 13. The first-order valence-electron chi connectivity index (χ1n) is 14.4. The van der Waals surface area contributed by atoms with Gasteiger partial charge in [0.05, 0.1) is 7.11 Å². The van der Waals surface area contributed by atoms with Crippen LogP contribution in [0.5, 0.6) is 11.5 Å². The summed E-state index contributed by atoms with van der Waals surface area (Å²) in [7, 11) is 1.50. The van der Waals surface area contributed by atoms with Crippen LogP contribution in [0, 0.1) is 5.41 Å². The number of benzene rings is 4. The maximum Gasteiger partial charge on any atom is 0.305 e. The molecule has 0 saturated carbocycles. The summed E-state index contributed by atoms with van der Waals surface area (Å²) in [4.78, 5) is 30.0. The molecule has 1 heterocycles. The fraction of sp³-hybridized carbons (Fsp3) is 0.171. The molecule has 0 aliphatic rings. The fourth-order valence-corrected chi connectivity index (χ4v) is 5.06. The summed E-state index contributed by atoms with van der Waals surface area (Å²) in [5, 5.41) is 14.9. The Labute approximate surface area is 261 Å². The Balaban J connectivity index is 1.48. The van der Waals surface area contributed by atoms with Crippen LogP contribution in [0.3, 0.4) is 0 Å². The second-order valence-corrected chi connectivity index (χ2v) is 10.4. The van der Waals surface area contributed by atoms with Crippen molar-refractivity contribution in [3.05, 3.63) is 126 Å². The first-order chi connectivity index (χ1) is 21.8. The van der Waals surface area contributed by atoms with E-state index >= 15 is 0 Å². The number of aromatic nitrogens is 1. The van der Waals surface area contributed by atoms with E-state index in [1.165, 1.54) is 14.0 Å². The molecule has 0 aliphatic carbocycles. The highest BCUT2D eigenvalue weighted by Gasteiger charge is 2.45. The number of amidine groups is 1. The van der Waals surface area contributed by atoms with Crippen molar-refractivity contribution in [2.24, 2.45) is 5.73 Å². The molecule has 230 valence electrons. The number of ether oxygens (including phenoxy) is 3. The van der Waals surface area contributed by atoms with Gasteiger partial charge in [-0.2, -0.15) is 0 Å². The largest absolute Gasteiger partial charge is 0.493 e. The zero-order valence-corrected chi connectivity index (χ0v) is 25.1. The van der Waals surface area contributed by atoms with Gasteiger partial charge in [0.2, 0.25) is 0 Å². The maximum absolute atomic E-state index is 14.2. The van der Waals surface area contributed by atoms with Gasteiger partial charge in [-0.1, -0.05) is 48.5 Å². The number of H-pyrrole nitrogens is 1. The Hall–Kier alpha value is -5.77. The fourth-order valence-electron chi connectivity index (χ4n) is 5.06. The summed E-state index contributed by atoms with van der Waals surface area (Å²) in [5.41, 5.74) is 7.93. The van der Waals surface area contributed by atoms with E-state index in [1.54, 1.807) is 42.5 Å². The van der Waals surface area contributed by atoms with E-state index in [0.717, 1.165) is 22.0 Å². The number of nitrogen functional groups attached to an aromatic ring is 1. The van der Waals surface area contributed by atoms with Crippen LogP contribution in [0.25, 0.3) is 10.9 Å². The minimum atomic E-state index is -1.99. The second-order valence-electron chi connectivity index (χ2n) is 10.4. The van der Waals surface area contributed by atoms with Crippen molar-refractivity contribution in [3.8, 4) is 11.5 Å². The number of nitrogens with one attached hydrogen (secondary N) is 4. The summed E-state index contributed by atoms with van der Waals surface area (Å²) in [5.74, 6) is -0.572. The number of carbonyl (C=O) groups excluding carboxylic acids is 2.